The van der Waals surface area contributed by atoms with E-state index in [0.717, 1.165) is 22.5 Å². The van der Waals surface area contributed by atoms with Crippen LogP contribution in [0.4, 0.5) is 5.69 Å². The molecule has 3 rings (SSSR count). The highest BCUT2D eigenvalue weighted by Gasteiger charge is 2.16. The molecule has 0 bridgehead atoms. The minimum Gasteiger partial charge on any atom is -0.467 e. The molecule has 1 aromatic carbocycles. The zero-order valence-electron chi connectivity index (χ0n) is 18.3. The number of ether oxygens (including phenoxy) is 1. The largest absolute Gasteiger partial charge is 0.467 e. The van der Waals surface area contributed by atoms with Gasteiger partial charge in [0.05, 0.1) is 24.9 Å². The third kappa shape index (κ3) is 5.42. The lowest BCUT2D eigenvalue weighted by atomic mass is 10.1. The molecule has 0 saturated carbocycles. The van der Waals surface area contributed by atoms with Crippen LogP contribution in [0, 0.1) is 20.8 Å². The summed E-state index contributed by atoms with van der Waals surface area (Å²) >= 11 is 0. The van der Waals surface area contributed by atoms with E-state index in [1.165, 1.54) is 19.5 Å². The van der Waals surface area contributed by atoms with Crippen molar-refractivity contribution in [2.24, 2.45) is 0 Å². The summed E-state index contributed by atoms with van der Waals surface area (Å²) in [6.45, 7) is 6.18. The van der Waals surface area contributed by atoms with Crippen molar-refractivity contribution in [3.63, 3.8) is 0 Å². The van der Waals surface area contributed by atoms with Gasteiger partial charge in [-0.3, -0.25) is 14.6 Å². The summed E-state index contributed by atoms with van der Waals surface area (Å²) in [5.41, 5.74) is 4.98. The topological polar surface area (TPSA) is 97.3 Å². The molecule has 3 aromatic rings. The number of nitrogens with zero attached hydrogens (tertiary/aromatic N) is 4. The van der Waals surface area contributed by atoms with E-state index in [4.69, 9.17) is 4.74 Å². The van der Waals surface area contributed by atoms with Gasteiger partial charge in [-0.1, -0.05) is 6.07 Å². The highest BCUT2D eigenvalue weighted by Crippen LogP contribution is 2.20. The molecule has 8 nitrogen and oxygen atoms in total. The summed E-state index contributed by atoms with van der Waals surface area (Å²) in [5.74, 6) is -0.535. The monoisotopic (exact) mass is 419 g/mol. The van der Waals surface area contributed by atoms with E-state index in [1.807, 2.05) is 32.9 Å². The number of carbonyl (C=O) groups is 2. The normalized spacial score (nSPS) is 10.5. The number of rotatable bonds is 6. The van der Waals surface area contributed by atoms with Crippen LogP contribution >= 0.6 is 0 Å². The molecule has 31 heavy (non-hydrogen) atoms. The van der Waals surface area contributed by atoms with E-state index in [-0.39, 0.29) is 23.4 Å². The number of pyridine rings is 1. The van der Waals surface area contributed by atoms with Crippen LogP contribution in [0.15, 0.2) is 42.7 Å². The predicted octanol–water partition coefficient (Wildman–Crippen LogP) is 3.33. The Kier molecular flexibility index (Phi) is 6.59. The fraction of sp³-hybridized carbons (Fsp3) is 0.261. The van der Waals surface area contributed by atoms with E-state index < -0.39 is 0 Å². The quantitative estimate of drug-likeness (QED) is 0.658. The second kappa shape index (κ2) is 9.34. The predicted molar refractivity (Wildman–Crippen MR) is 117 cm³/mol. The summed E-state index contributed by atoms with van der Waals surface area (Å²) in [5, 5.41) is 2.82. The van der Waals surface area contributed by atoms with Gasteiger partial charge in [-0.05, 0) is 56.2 Å². The average molecular weight is 419 g/mol. The highest BCUT2D eigenvalue weighted by molar-refractivity contribution is 6.05. The number of anilines is 1. The van der Waals surface area contributed by atoms with Gasteiger partial charge in [-0.25, -0.2) is 9.97 Å². The minimum absolute atomic E-state index is 0.163. The smallest absolute Gasteiger partial charge is 0.316 e. The van der Waals surface area contributed by atoms with Gasteiger partial charge in [0.15, 0.2) is 0 Å². The van der Waals surface area contributed by atoms with Crippen molar-refractivity contribution in [3.05, 3.63) is 76.4 Å². The van der Waals surface area contributed by atoms with Crippen LogP contribution < -0.4 is 10.1 Å². The lowest BCUT2D eigenvalue weighted by molar-refractivity contribution is 0.0783. The Bertz CT molecular complexity index is 1090. The molecule has 2 amide bonds. The van der Waals surface area contributed by atoms with Gasteiger partial charge in [-0.15, -0.1) is 0 Å². The van der Waals surface area contributed by atoms with E-state index in [0.29, 0.717) is 17.8 Å². The molecule has 0 aliphatic rings. The molecule has 2 heterocycles. The first-order chi connectivity index (χ1) is 14.8. The van der Waals surface area contributed by atoms with Gasteiger partial charge in [0, 0.05) is 36.4 Å². The van der Waals surface area contributed by atoms with E-state index in [9.17, 15) is 9.59 Å². The lowest BCUT2D eigenvalue weighted by Crippen LogP contribution is -2.27. The maximum absolute atomic E-state index is 13.0. The number of methoxy groups -OCH3 is 1. The van der Waals surface area contributed by atoms with Crippen LogP contribution in [-0.4, -0.2) is 45.8 Å². The molecule has 0 spiro atoms. The summed E-state index contributed by atoms with van der Waals surface area (Å²) in [4.78, 5) is 39.5. The number of benzene rings is 1. The Hall–Kier alpha value is -3.81. The molecule has 0 aliphatic carbocycles. The molecule has 2 aromatic heterocycles. The average Bonchev–Trinajstić information content (AvgIpc) is 2.74. The van der Waals surface area contributed by atoms with Gasteiger partial charge in [0.2, 0.25) is 0 Å². The molecule has 0 unspecified atom stereocenters. The van der Waals surface area contributed by atoms with Gasteiger partial charge >= 0.3 is 6.01 Å². The number of hydrogen-bond acceptors (Lipinski definition) is 6. The maximum Gasteiger partial charge on any atom is 0.316 e. The summed E-state index contributed by atoms with van der Waals surface area (Å²) in [6, 6.07) is 9.36. The molecule has 0 saturated heterocycles. The van der Waals surface area contributed by atoms with Crippen LogP contribution in [0.1, 0.15) is 43.2 Å². The molecule has 0 atom stereocenters. The third-order valence-electron chi connectivity index (χ3n) is 4.70. The Morgan fingerprint density at radius 3 is 2.39 bits per heavy atom. The van der Waals surface area contributed by atoms with Crippen LogP contribution in [0.3, 0.4) is 0 Å². The van der Waals surface area contributed by atoms with Crippen LogP contribution in [-0.2, 0) is 6.54 Å². The maximum atomic E-state index is 13.0. The Morgan fingerprint density at radius 1 is 1.03 bits per heavy atom. The van der Waals surface area contributed by atoms with Gasteiger partial charge in [0.1, 0.15) is 0 Å². The fourth-order valence-corrected chi connectivity index (χ4v) is 3.16. The van der Waals surface area contributed by atoms with Crippen molar-refractivity contribution in [2.45, 2.75) is 27.3 Å². The minimum atomic E-state index is -0.372. The zero-order chi connectivity index (χ0) is 22.5. The number of amides is 2. The molecule has 160 valence electrons. The van der Waals surface area contributed by atoms with Crippen LogP contribution in [0.25, 0.3) is 0 Å². The molecular formula is C23H25N5O3. The van der Waals surface area contributed by atoms with Crippen molar-refractivity contribution < 1.29 is 14.3 Å². The number of nitrogens with one attached hydrogen (secondary N) is 1. The first-order valence-corrected chi connectivity index (χ1v) is 9.74. The van der Waals surface area contributed by atoms with Crippen molar-refractivity contribution in [1.82, 2.24) is 19.9 Å². The Labute approximate surface area is 181 Å². The molecule has 1 N–H and O–H groups in total. The van der Waals surface area contributed by atoms with Crippen LogP contribution in [0.2, 0.25) is 0 Å². The summed E-state index contributed by atoms with van der Waals surface area (Å²) < 4.78 is 4.91. The SMILES string of the molecule is COc1ncc(C(=O)Nc2cc(C(=O)N(C)Cc3cc(C)cc(C)n3)ccc2C)cn1. The zero-order valence-corrected chi connectivity index (χ0v) is 18.3. The van der Waals surface area contributed by atoms with Gasteiger partial charge < -0.3 is 15.0 Å². The van der Waals surface area contributed by atoms with E-state index >= 15 is 0 Å². The standard InChI is InChI=1S/C23H25N5O3/c1-14-8-16(3)26-19(9-14)13-28(4)22(30)17-7-6-15(2)20(10-17)27-21(29)18-11-24-23(31-5)25-12-18/h6-12H,13H2,1-5H3,(H,27,29). The van der Waals surface area contributed by atoms with E-state index in [1.54, 1.807) is 30.1 Å². The number of hydrogen-bond donors (Lipinski definition) is 1. The highest BCUT2D eigenvalue weighted by atomic mass is 16.5. The van der Waals surface area contributed by atoms with Crippen LogP contribution in [0.5, 0.6) is 6.01 Å². The number of aryl methyl sites for hydroxylation is 3. The number of carbonyl (C=O) groups excluding carboxylic acids is 2. The van der Waals surface area contributed by atoms with Crippen molar-refractivity contribution in [3.8, 4) is 6.01 Å². The molecular weight excluding hydrogens is 394 g/mol. The lowest BCUT2D eigenvalue weighted by Gasteiger charge is -2.18. The summed E-state index contributed by atoms with van der Waals surface area (Å²) in [7, 11) is 3.18. The summed E-state index contributed by atoms with van der Waals surface area (Å²) in [6.07, 6.45) is 2.77. The van der Waals surface area contributed by atoms with E-state index in [2.05, 4.69) is 20.3 Å². The van der Waals surface area contributed by atoms with Crippen molar-refractivity contribution in [1.29, 1.82) is 0 Å². The second-order valence-electron chi connectivity index (χ2n) is 7.38. The second-order valence-corrected chi connectivity index (χ2v) is 7.38. The third-order valence-corrected chi connectivity index (χ3v) is 4.70. The van der Waals surface area contributed by atoms with Crippen molar-refractivity contribution >= 4 is 17.5 Å². The molecule has 0 radical (unpaired) electrons. The van der Waals surface area contributed by atoms with Crippen molar-refractivity contribution in [2.75, 3.05) is 19.5 Å². The molecule has 0 aliphatic heterocycles. The van der Waals surface area contributed by atoms with Gasteiger partial charge in [-0.2, -0.15) is 0 Å². The first kappa shape index (κ1) is 21.9. The number of aromatic nitrogens is 3. The fourth-order valence-electron chi connectivity index (χ4n) is 3.16. The first-order valence-electron chi connectivity index (χ1n) is 9.74. The van der Waals surface area contributed by atoms with Gasteiger partial charge in [0.25, 0.3) is 11.8 Å². The Morgan fingerprint density at radius 2 is 1.74 bits per heavy atom. The Balaban J connectivity index is 1.75. The molecule has 8 heteroatoms. The molecule has 0 fully saturated rings.